The first-order chi connectivity index (χ1) is 14.6. The van der Waals surface area contributed by atoms with Crippen LogP contribution in [-0.2, 0) is 4.79 Å². The lowest BCUT2D eigenvalue weighted by molar-refractivity contribution is -0.113. The Hall–Kier alpha value is -3.39. The summed E-state index contributed by atoms with van der Waals surface area (Å²) in [5.41, 5.74) is 2.92. The van der Waals surface area contributed by atoms with Gasteiger partial charge < -0.3 is 5.32 Å². The molecule has 30 heavy (non-hydrogen) atoms. The Balaban J connectivity index is 1.49. The molecule has 4 rings (SSSR count). The summed E-state index contributed by atoms with van der Waals surface area (Å²) in [7, 11) is 0. The number of amides is 1. The number of nitrogens with one attached hydrogen (secondary N) is 1. The number of hydrogen-bond donors (Lipinski definition) is 1. The lowest BCUT2D eigenvalue weighted by Gasteiger charge is -2.11. The Kier molecular flexibility index (Phi) is 5.94. The van der Waals surface area contributed by atoms with E-state index in [9.17, 15) is 4.79 Å². The van der Waals surface area contributed by atoms with Crippen LogP contribution in [0.15, 0.2) is 78.5 Å². The predicted molar refractivity (Wildman–Crippen MR) is 118 cm³/mol. The van der Waals surface area contributed by atoms with Crippen LogP contribution in [0, 0.1) is 0 Å². The topological polar surface area (TPSA) is 77.6 Å². The minimum atomic E-state index is -0.0928. The van der Waals surface area contributed by atoms with Crippen LogP contribution in [0.4, 0.5) is 5.69 Å². The van der Waals surface area contributed by atoms with Crippen LogP contribution in [0.2, 0.25) is 0 Å². The summed E-state index contributed by atoms with van der Waals surface area (Å²) in [4.78, 5) is 16.5. The first-order valence-corrected chi connectivity index (χ1v) is 10.6. The highest BCUT2D eigenvalue weighted by atomic mass is 32.2. The van der Waals surface area contributed by atoms with E-state index in [4.69, 9.17) is 0 Å². The molecule has 0 radical (unpaired) electrons. The number of aromatic nitrogens is 5. The number of thioether (sulfide) groups is 1. The predicted octanol–water partition coefficient (Wildman–Crippen LogP) is 4.31. The zero-order chi connectivity index (χ0) is 20.9. The average Bonchev–Trinajstić information content (AvgIpc) is 3.43. The van der Waals surface area contributed by atoms with E-state index in [0.717, 1.165) is 11.3 Å². The smallest absolute Gasteiger partial charge is 0.234 e. The lowest BCUT2D eigenvalue weighted by atomic mass is 10.0. The molecule has 1 N–H and O–H groups in total. The number of hydrogen-bond acceptors (Lipinski definition) is 5. The molecule has 0 atom stereocenters. The molecule has 3 heterocycles. The van der Waals surface area contributed by atoms with E-state index >= 15 is 0 Å². The molecule has 0 bridgehead atoms. The Labute approximate surface area is 179 Å². The van der Waals surface area contributed by atoms with Crippen molar-refractivity contribution in [3.8, 4) is 11.4 Å². The summed E-state index contributed by atoms with van der Waals surface area (Å²) in [5, 5.41) is 12.2. The molecule has 0 saturated carbocycles. The third-order valence-electron chi connectivity index (χ3n) is 4.56. The summed E-state index contributed by atoms with van der Waals surface area (Å²) >= 11 is 1.34. The van der Waals surface area contributed by atoms with E-state index in [2.05, 4.69) is 34.3 Å². The van der Waals surface area contributed by atoms with Crippen molar-refractivity contribution in [3.05, 3.63) is 78.9 Å². The molecule has 8 heteroatoms. The molecule has 3 aromatic heterocycles. The van der Waals surface area contributed by atoms with Gasteiger partial charge >= 0.3 is 0 Å². The molecule has 0 spiro atoms. The number of nitrogens with zero attached hydrogens (tertiary/aromatic N) is 5. The van der Waals surface area contributed by atoms with Crippen molar-refractivity contribution >= 4 is 23.4 Å². The van der Waals surface area contributed by atoms with E-state index in [0.29, 0.717) is 16.9 Å². The Morgan fingerprint density at radius 3 is 2.40 bits per heavy atom. The fourth-order valence-electron chi connectivity index (χ4n) is 2.98. The second kappa shape index (κ2) is 8.96. The molecule has 0 aliphatic rings. The largest absolute Gasteiger partial charge is 0.325 e. The van der Waals surface area contributed by atoms with Gasteiger partial charge in [-0.1, -0.05) is 37.7 Å². The molecule has 7 nitrogen and oxygen atoms in total. The van der Waals surface area contributed by atoms with Gasteiger partial charge in [0.05, 0.1) is 5.75 Å². The van der Waals surface area contributed by atoms with E-state index < -0.39 is 0 Å². The van der Waals surface area contributed by atoms with E-state index in [1.54, 1.807) is 12.4 Å². The van der Waals surface area contributed by atoms with Crippen molar-refractivity contribution in [2.24, 2.45) is 0 Å². The fraction of sp³-hybridized carbons (Fsp3) is 0.182. The summed E-state index contributed by atoms with van der Waals surface area (Å²) < 4.78 is 3.77. The molecular weight excluding hydrogens is 396 g/mol. The average molecular weight is 419 g/mol. The number of rotatable bonds is 7. The maximum atomic E-state index is 12.5. The van der Waals surface area contributed by atoms with Gasteiger partial charge in [0, 0.05) is 36.0 Å². The van der Waals surface area contributed by atoms with Gasteiger partial charge in [-0.05, 0) is 47.9 Å². The molecule has 0 aliphatic carbocycles. The van der Waals surface area contributed by atoms with Gasteiger partial charge in [-0.3, -0.25) is 14.5 Å². The summed E-state index contributed by atoms with van der Waals surface area (Å²) in [5.74, 6) is 1.27. The second-order valence-corrected chi connectivity index (χ2v) is 7.97. The van der Waals surface area contributed by atoms with Gasteiger partial charge in [-0.2, -0.15) is 0 Å². The van der Waals surface area contributed by atoms with Gasteiger partial charge in [0.25, 0.3) is 0 Å². The van der Waals surface area contributed by atoms with E-state index in [1.807, 2.05) is 70.3 Å². The summed E-state index contributed by atoms with van der Waals surface area (Å²) in [6.07, 6.45) is 7.26. The zero-order valence-corrected chi connectivity index (χ0v) is 17.6. The lowest BCUT2D eigenvalue weighted by Crippen LogP contribution is -2.16. The van der Waals surface area contributed by atoms with Gasteiger partial charge in [-0.15, -0.1) is 10.2 Å². The Morgan fingerprint density at radius 2 is 1.73 bits per heavy atom. The highest BCUT2D eigenvalue weighted by Gasteiger charge is 2.17. The van der Waals surface area contributed by atoms with Gasteiger partial charge in [0.15, 0.2) is 5.82 Å². The highest BCUT2D eigenvalue weighted by Crippen LogP contribution is 2.24. The quantitative estimate of drug-likeness (QED) is 0.453. The molecular formula is C22H22N6OS. The molecule has 0 aliphatic heterocycles. The molecule has 0 saturated heterocycles. The number of carbonyl (C=O) groups is 1. The first kappa shape index (κ1) is 19.9. The minimum Gasteiger partial charge on any atom is -0.325 e. The molecule has 152 valence electrons. The van der Waals surface area contributed by atoms with Crippen molar-refractivity contribution in [3.63, 3.8) is 0 Å². The van der Waals surface area contributed by atoms with Gasteiger partial charge in [0.1, 0.15) is 0 Å². The molecule has 0 fully saturated rings. The highest BCUT2D eigenvalue weighted by molar-refractivity contribution is 7.99. The summed E-state index contributed by atoms with van der Waals surface area (Å²) in [6.45, 7) is 4.29. The van der Waals surface area contributed by atoms with E-state index in [1.165, 1.54) is 17.3 Å². The number of anilines is 1. The molecule has 4 aromatic rings. The third-order valence-corrected chi connectivity index (χ3v) is 5.48. The number of pyridine rings is 1. The second-order valence-electron chi connectivity index (χ2n) is 7.03. The summed E-state index contributed by atoms with van der Waals surface area (Å²) in [6, 6.07) is 15.6. The molecule has 1 amide bonds. The van der Waals surface area contributed by atoms with Crippen LogP contribution < -0.4 is 5.32 Å². The Bertz CT molecular complexity index is 1100. The first-order valence-electron chi connectivity index (χ1n) is 9.64. The van der Waals surface area contributed by atoms with Crippen molar-refractivity contribution in [2.45, 2.75) is 24.9 Å². The van der Waals surface area contributed by atoms with Crippen LogP contribution in [-0.4, -0.2) is 36.2 Å². The van der Waals surface area contributed by atoms with Crippen LogP contribution in [0.1, 0.15) is 25.3 Å². The van der Waals surface area contributed by atoms with Crippen LogP contribution in [0.25, 0.3) is 11.4 Å². The molecule has 0 unspecified atom stereocenters. The number of carbonyl (C=O) groups excluding carboxylic acids is 1. The monoisotopic (exact) mass is 418 g/mol. The number of benzene rings is 1. The Morgan fingerprint density at radius 1 is 1.03 bits per heavy atom. The normalized spacial score (nSPS) is 11.0. The SMILES string of the molecule is CC(C)c1ccc(NC(=O)CSc2nnc(-c3ccncc3)n2-n2cccc2)cc1. The van der Waals surface area contributed by atoms with Crippen LogP contribution >= 0.6 is 11.8 Å². The van der Waals surface area contributed by atoms with Crippen molar-refractivity contribution in [1.82, 2.24) is 24.5 Å². The van der Waals surface area contributed by atoms with E-state index in [-0.39, 0.29) is 11.7 Å². The maximum Gasteiger partial charge on any atom is 0.234 e. The third kappa shape index (κ3) is 4.44. The van der Waals surface area contributed by atoms with Crippen LogP contribution in [0.5, 0.6) is 0 Å². The van der Waals surface area contributed by atoms with Crippen molar-refractivity contribution < 1.29 is 4.79 Å². The van der Waals surface area contributed by atoms with Crippen LogP contribution in [0.3, 0.4) is 0 Å². The minimum absolute atomic E-state index is 0.0928. The standard InChI is InChI=1S/C22H22N6OS/c1-16(2)17-5-7-19(8-6-17)24-20(29)15-30-22-26-25-21(18-9-11-23-12-10-18)28(22)27-13-3-4-14-27/h3-14,16H,15H2,1-2H3,(H,24,29). The van der Waals surface area contributed by atoms with Crippen molar-refractivity contribution in [2.75, 3.05) is 11.1 Å². The van der Waals surface area contributed by atoms with Gasteiger partial charge in [0.2, 0.25) is 11.1 Å². The molecule has 1 aromatic carbocycles. The zero-order valence-electron chi connectivity index (χ0n) is 16.8. The van der Waals surface area contributed by atoms with Crippen molar-refractivity contribution in [1.29, 1.82) is 0 Å². The fourth-order valence-corrected chi connectivity index (χ4v) is 3.72. The maximum absolute atomic E-state index is 12.5. The van der Waals surface area contributed by atoms with Gasteiger partial charge in [-0.25, -0.2) is 4.68 Å².